The number of nitrogens with zero attached hydrogens (tertiary/aromatic N) is 4. The number of methoxy groups -OCH3 is 1. The smallest absolute Gasteiger partial charge is 0.251 e. The summed E-state index contributed by atoms with van der Waals surface area (Å²) in [5, 5.41) is 1.43. The zero-order valence-electron chi connectivity index (χ0n) is 18.4. The first-order chi connectivity index (χ1) is 16.0. The number of carbonyl (C=O) groups excluding carboxylic acids is 1. The molecule has 2 aromatic heterocycles. The number of halogens is 1. The van der Waals surface area contributed by atoms with E-state index in [4.69, 9.17) is 31.8 Å². The van der Waals surface area contributed by atoms with E-state index in [1.54, 1.807) is 13.3 Å². The molecule has 2 N–H and O–H groups in total. The van der Waals surface area contributed by atoms with E-state index in [9.17, 15) is 4.79 Å². The number of fused-ring (bicyclic) bond motifs is 2. The molecule has 0 spiro atoms. The van der Waals surface area contributed by atoms with Crippen molar-refractivity contribution in [3.8, 4) is 5.69 Å². The van der Waals surface area contributed by atoms with E-state index in [-0.39, 0.29) is 6.10 Å². The van der Waals surface area contributed by atoms with Crippen molar-refractivity contribution in [1.82, 2.24) is 14.5 Å². The number of para-hydroxylation sites is 1. The van der Waals surface area contributed by atoms with E-state index in [0.29, 0.717) is 40.7 Å². The average Bonchev–Trinajstić information content (AvgIpc) is 3.22. The zero-order chi connectivity index (χ0) is 23.1. The number of rotatable bonds is 5. The van der Waals surface area contributed by atoms with Crippen molar-refractivity contribution in [2.75, 3.05) is 38.3 Å². The molecular formula is C24H24ClN5O3. The molecule has 5 rings (SSSR count). The van der Waals surface area contributed by atoms with Crippen molar-refractivity contribution in [2.45, 2.75) is 13.0 Å². The molecule has 0 bridgehead atoms. The van der Waals surface area contributed by atoms with Gasteiger partial charge >= 0.3 is 0 Å². The molecule has 1 saturated heterocycles. The number of amides is 1. The number of pyridine rings is 1. The molecule has 3 heterocycles. The van der Waals surface area contributed by atoms with Crippen LogP contribution in [0.1, 0.15) is 29.2 Å². The van der Waals surface area contributed by atoms with E-state index >= 15 is 0 Å². The highest BCUT2D eigenvalue weighted by Gasteiger charge is 2.25. The van der Waals surface area contributed by atoms with E-state index in [0.717, 1.165) is 35.4 Å². The molecule has 1 amide bonds. The number of morpholine rings is 1. The van der Waals surface area contributed by atoms with E-state index in [2.05, 4.69) is 9.88 Å². The van der Waals surface area contributed by atoms with Gasteiger partial charge in [-0.25, -0.2) is 4.98 Å². The Bertz CT molecular complexity index is 1360. The van der Waals surface area contributed by atoms with Crippen molar-refractivity contribution in [1.29, 1.82) is 0 Å². The van der Waals surface area contributed by atoms with Gasteiger partial charge in [0.25, 0.3) is 5.91 Å². The standard InChI is InChI=1S/C24H24ClN5O3/c1-14(32-2)24-28-22-17(23(26)31)12-15(29-8-10-33-11-9-29)13-20(22)30(24)19-6-7-27-21-16(19)4-3-5-18(21)25/h3-7,12-14H,8-11H2,1-2H3,(H2,26,31). The minimum absolute atomic E-state index is 0.340. The molecule has 9 heteroatoms. The molecular weight excluding hydrogens is 442 g/mol. The molecule has 1 aliphatic rings. The summed E-state index contributed by atoms with van der Waals surface area (Å²) in [5.41, 5.74) is 9.90. The molecule has 2 aromatic carbocycles. The van der Waals surface area contributed by atoms with Crippen LogP contribution in [0.2, 0.25) is 5.02 Å². The largest absolute Gasteiger partial charge is 0.378 e. The quantitative estimate of drug-likeness (QED) is 0.480. The average molecular weight is 466 g/mol. The lowest BCUT2D eigenvalue weighted by molar-refractivity contribution is 0.100. The summed E-state index contributed by atoms with van der Waals surface area (Å²) >= 11 is 6.44. The molecule has 33 heavy (non-hydrogen) atoms. The summed E-state index contributed by atoms with van der Waals surface area (Å²) in [5.74, 6) is 0.126. The van der Waals surface area contributed by atoms with Crippen molar-refractivity contribution in [2.24, 2.45) is 5.73 Å². The maximum atomic E-state index is 12.5. The zero-order valence-corrected chi connectivity index (χ0v) is 19.2. The van der Waals surface area contributed by atoms with Crippen LogP contribution in [0.25, 0.3) is 27.6 Å². The van der Waals surface area contributed by atoms with Crippen molar-refractivity contribution < 1.29 is 14.3 Å². The lowest BCUT2D eigenvalue weighted by atomic mass is 10.1. The number of ether oxygens (including phenoxy) is 2. The van der Waals surface area contributed by atoms with Gasteiger partial charge in [0, 0.05) is 37.5 Å². The summed E-state index contributed by atoms with van der Waals surface area (Å²) in [6.45, 7) is 4.63. The summed E-state index contributed by atoms with van der Waals surface area (Å²) in [6.07, 6.45) is 1.38. The monoisotopic (exact) mass is 465 g/mol. The number of benzene rings is 2. The van der Waals surface area contributed by atoms with Gasteiger partial charge in [-0.15, -0.1) is 0 Å². The Labute approximate surface area is 195 Å². The van der Waals surface area contributed by atoms with Crippen molar-refractivity contribution in [3.63, 3.8) is 0 Å². The summed E-state index contributed by atoms with van der Waals surface area (Å²) in [4.78, 5) is 24.0. The SMILES string of the molecule is COC(C)c1nc2c(C(N)=O)cc(N3CCOCC3)cc2n1-c1ccnc2c(Cl)cccc12. The van der Waals surface area contributed by atoms with Crippen LogP contribution in [0.5, 0.6) is 0 Å². The van der Waals surface area contributed by atoms with Crippen molar-refractivity contribution >= 4 is 45.1 Å². The molecule has 8 nitrogen and oxygen atoms in total. The number of hydrogen-bond donors (Lipinski definition) is 1. The highest BCUT2D eigenvalue weighted by molar-refractivity contribution is 6.35. The number of aromatic nitrogens is 3. The first kappa shape index (κ1) is 21.6. The number of imidazole rings is 1. The van der Waals surface area contributed by atoms with Crippen LogP contribution in [-0.2, 0) is 9.47 Å². The lowest BCUT2D eigenvalue weighted by Crippen LogP contribution is -2.36. The molecule has 0 radical (unpaired) electrons. The molecule has 1 fully saturated rings. The number of primary amides is 1. The number of nitrogens with two attached hydrogens (primary N) is 1. The minimum Gasteiger partial charge on any atom is -0.378 e. The third-order valence-corrected chi connectivity index (χ3v) is 6.37. The third kappa shape index (κ3) is 3.70. The number of carbonyl (C=O) groups is 1. The second-order valence-corrected chi connectivity index (χ2v) is 8.38. The van der Waals surface area contributed by atoms with Gasteiger partial charge < -0.3 is 20.1 Å². The van der Waals surface area contributed by atoms with Crippen LogP contribution in [0.4, 0.5) is 5.69 Å². The van der Waals surface area contributed by atoms with Gasteiger partial charge in [0.1, 0.15) is 17.4 Å². The van der Waals surface area contributed by atoms with Crippen LogP contribution in [-0.4, -0.2) is 53.9 Å². The van der Waals surface area contributed by atoms with E-state index in [1.165, 1.54) is 0 Å². The van der Waals surface area contributed by atoms with Gasteiger partial charge in [0.15, 0.2) is 0 Å². The van der Waals surface area contributed by atoms with Crippen LogP contribution in [0.15, 0.2) is 42.6 Å². The molecule has 1 aliphatic heterocycles. The van der Waals surface area contributed by atoms with Gasteiger partial charge in [0.05, 0.1) is 40.5 Å². The van der Waals surface area contributed by atoms with E-state index in [1.807, 2.05) is 47.9 Å². The van der Waals surface area contributed by atoms with Gasteiger partial charge in [-0.1, -0.05) is 23.7 Å². The first-order valence-corrected chi connectivity index (χ1v) is 11.1. The second-order valence-electron chi connectivity index (χ2n) is 7.97. The predicted molar refractivity (Wildman–Crippen MR) is 128 cm³/mol. The fraction of sp³-hybridized carbons (Fsp3) is 0.292. The van der Waals surface area contributed by atoms with Crippen LogP contribution in [0, 0.1) is 0 Å². The Morgan fingerprint density at radius 2 is 2.00 bits per heavy atom. The molecule has 4 aromatic rings. The van der Waals surface area contributed by atoms with Gasteiger partial charge in [-0.2, -0.15) is 0 Å². The lowest BCUT2D eigenvalue weighted by Gasteiger charge is -2.29. The topological polar surface area (TPSA) is 95.5 Å². The van der Waals surface area contributed by atoms with Crippen LogP contribution >= 0.6 is 11.6 Å². The van der Waals surface area contributed by atoms with Crippen LogP contribution < -0.4 is 10.6 Å². The van der Waals surface area contributed by atoms with Crippen LogP contribution in [0.3, 0.4) is 0 Å². The maximum absolute atomic E-state index is 12.5. The Hall–Kier alpha value is -3.20. The molecule has 170 valence electrons. The number of hydrogen-bond acceptors (Lipinski definition) is 6. The Kier molecular flexibility index (Phi) is 5.65. The number of anilines is 1. The summed E-state index contributed by atoms with van der Waals surface area (Å²) in [6, 6.07) is 11.4. The third-order valence-electron chi connectivity index (χ3n) is 6.07. The minimum atomic E-state index is -0.529. The second kappa shape index (κ2) is 8.62. The molecule has 0 aliphatic carbocycles. The normalized spacial score (nSPS) is 15.3. The summed E-state index contributed by atoms with van der Waals surface area (Å²) < 4.78 is 13.2. The Morgan fingerprint density at radius 3 is 2.73 bits per heavy atom. The Balaban J connectivity index is 1.86. The van der Waals surface area contributed by atoms with Crippen molar-refractivity contribution in [3.05, 3.63) is 59.0 Å². The fourth-order valence-corrected chi connectivity index (χ4v) is 4.55. The molecule has 0 saturated carbocycles. The molecule has 1 unspecified atom stereocenters. The summed E-state index contributed by atoms with van der Waals surface area (Å²) in [7, 11) is 1.63. The predicted octanol–water partition coefficient (Wildman–Crippen LogP) is 3.87. The molecule has 1 atom stereocenters. The highest BCUT2D eigenvalue weighted by Crippen LogP contribution is 2.35. The maximum Gasteiger partial charge on any atom is 0.251 e. The van der Waals surface area contributed by atoms with Gasteiger partial charge in [0.2, 0.25) is 0 Å². The van der Waals surface area contributed by atoms with E-state index < -0.39 is 5.91 Å². The van der Waals surface area contributed by atoms with Gasteiger partial charge in [-0.3, -0.25) is 14.3 Å². The highest BCUT2D eigenvalue weighted by atomic mass is 35.5. The van der Waals surface area contributed by atoms with Gasteiger partial charge in [-0.05, 0) is 31.2 Å². The fourth-order valence-electron chi connectivity index (χ4n) is 4.32. The Morgan fingerprint density at radius 1 is 1.21 bits per heavy atom. The first-order valence-electron chi connectivity index (χ1n) is 10.7.